The van der Waals surface area contributed by atoms with Gasteiger partial charge in [-0.3, -0.25) is 0 Å². The third-order valence-corrected chi connectivity index (χ3v) is 8.95. The van der Waals surface area contributed by atoms with Gasteiger partial charge in [-0.15, -0.1) is 0 Å². The van der Waals surface area contributed by atoms with Crippen LogP contribution in [0.15, 0.2) is 0 Å². The van der Waals surface area contributed by atoms with Crippen molar-refractivity contribution in [1.29, 1.82) is 0 Å². The van der Waals surface area contributed by atoms with Gasteiger partial charge in [0.2, 0.25) is 0 Å². The number of carbonyl (C=O) groups excluding carboxylic acids is 1. The molecule has 0 aromatic heterocycles. The van der Waals surface area contributed by atoms with Crippen LogP contribution in [0.4, 0.5) is 0 Å². The molecule has 2 unspecified atom stereocenters. The second-order valence-corrected chi connectivity index (χ2v) is 31.9. The normalized spacial score (nSPS) is 34.5. The molecule has 1 heterocycles. The zero-order valence-corrected chi connectivity index (χ0v) is 14.4. The van der Waals surface area contributed by atoms with Gasteiger partial charge in [0.1, 0.15) is 0 Å². The van der Waals surface area contributed by atoms with Crippen LogP contribution in [-0.2, 0) is 14.4 Å². The topological polar surface area (TPSA) is 26.3 Å². The van der Waals surface area contributed by atoms with E-state index in [0.717, 1.165) is 36.5 Å². The zero-order valence-electron chi connectivity index (χ0n) is 6.95. The Kier molecular flexibility index (Phi) is 4.17. The van der Waals surface area contributed by atoms with Crippen molar-refractivity contribution >= 4 is 51.0 Å². The Labute approximate surface area is 91.0 Å². The van der Waals surface area contributed by atoms with Crippen LogP contribution >= 0.6 is 16.5 Å². The van der Waals surface area contributed by atoms with Gasteiger partial charge in [-0.05, 0) is 0 Å². The van der Waals surface area contributed by atoms with Crippen LogP contribution < -0.4 is 0 Å². The summed E-state index contributed by atoms with van der Waals surface area (Å²) in [6, 6.07) is 0. The van der Waals surface area contributed by atoms with E-state index >= 15 is 0 Å². The first-order valence-corrected chi connectivity index (χ1v) is 13.7. The van der Waals surface area contributed by atoms with E-state index in [2.05, 4.69) is 23.4 Å². The number of ether oxygens (including phenoxy) is 1. The van der Waals surface area contributed by atoms with Gasteiger partial charge >= 0.3 is 91.6 Å². The van der Waals surface area contributed by atoms with Gasteiger partial charge in [-0.1, -0.05) is 0 Å². The molecule has 0 amide bonds. The Balaban J connectivity index is 2.78. The van der Waals surface area contributed by atoms with E-state index < -0.39 is 4.84 Å². The monoisotopic (exact) mass is 415 g/mol. The summed E-state index contributed by atoms with van der Waals surface area (Å²) in [4.78, 5) is 10.5. The summed E-state index contributed by atoms with van der Waals surface area (Å²) in [6.07, 6.45) is 2.03. The molecule has 67 valence electrons. The van der Waals surface area contributed by atoms with Gasteiger partial charge < -0.3 is 0 Å². The van der Waals surface area contributed by atoms with E-state index in [1.807, 2.05) is 0 Å². The molecule has 6 heteroatoms. The second-order valence-electron chi connectivity index (χ2n) is 2.95. The maximum atomic E-state index is 11.4. The van der Waals surface area contributed by atoms with E-state index in [9.17, 15) is 4.79 Å². The van der Waals surface area contributed by atoms with Crippen LogP contribution in [-0.4, -0.2) is 41.0 Å². The van der Waals surface area contributed by atoms with Crippen LogP contribution in [0, 0.1) is 0 Å². The summed E-state index contributed by atoms with van der Waals surface area (Å²) in [6.45, 7) is 2.06. The van der Waals surface area contributed by atoms with Crippen molar-refractivity contribution in [3.8, 4) is 0 Å². The van der Waals surface area contributed by atoms with Gasteiger partial charge in [0.25, 0.3) is 0 Å². The van der Waals surface area contributed by atoms with Crippen LogP contribution in [0.3, 0.4) is 0 Å². The van der Waals surface area contributed by atoms with Gasteiger partial charge in [0.05, 0.1) is 0 Å². The summed E-state index contributed by atoms with van der Waals surface area (Å²) in [5.41, 5.74) is 0. The quantitative estimate of drug-likeness (QED) is 0.385. The first kappa shape index (κ1) is 11.5. The Morgan fingerprint density at radius 1 is 1.92 bits per heavy atom. The predicted molar refractivity (Wildman–Crippen MR) is 59.7 cm³/mol. The number of rotatable bonds is 2. The fourth-order valence-electron chi connectivity index (χ4n) is 1.19. The van der Waals surface area contributed by atoms with Crippen molar-refractivity contribution in [3.05, 3.63) is 0 Å². The fraction of sp³-hybridized carbons (Fsp3) is 0.833. The van der Waals surface area contributed by atoms with E-state index in [1.54, 1.807) is 0 Å². The molecule has 1 aliphatic rings. The molecular formula is C6H12O2P2STl. The van der Waals surface area contributed by atoms with Gasteiger partial charge in [-0.2, -0.15) is 0 Å². The van der Waals surface area contributed by atoms with E-state index in [4.69, 9.17) is 4.74 Å². The molecule has 0 aliphatic carbocycles. The number of cyclic esters (lactones) is 1. The third kappa shape index (κ3) is 2.73. The second kappa shape index (κ2) is 4.33. The summed E-state index contributed by atoms with van der Waals surface area (Å²) in [7, 11) is 6.46. The molecule has 0 bridgehead atoms. The molecule has 1 aliphatic heterocycles. The Morgan fingerprint density at radius 2 is 2.50 bits per heavy atom. The Bertz CT molecular complexity index is 288. The minimum atomic E-state index is -0.880. The molecule has 2 nitrogen and oxygen atoms in total. The van der Waals surface area contributed by atoms with Crippen LogP contribution in [0.2, 0.25) is 0 Å². The summed E-state index contributed by atoms with van der Waals surface area (Å²) < 4.78 is 5.21. The Hall–Kier alpha value is 1.47. The average Bonchev–Trinajstić information content (AvgIpc) is 2.29. The van der Waals surface area contributed by atoms with E-state index in [1.165, 1.54) is 0 Å². The third-order valence-electron chi connectivity index (χ3n) is 1.95. The molecule has 0 N–H and O–H groups in total. The van der Waals surface area contributed by atoms with Crippen LogP contribution in [0.5, 0.6) is 0 Å². The average molecular weight is 415 g/mol. The maximum absolute atomic E-state index is 11.4. The van der Waals surface area contributed by atoms with Gasteiger partial charge in [0.15, 0.2) is 0 Å². The number of carbonyl (C=O) groups is 1. The molecule has 1 saturated heterocycles. The molecule has 1 rings (SSSR count). The molecule has 12 heavy (non-hydrogen) atoms. The van der Waals surface area contributed by atoms with Crippen LogP contribution in [0.1, 0.15) is 19.8 Å². The number of hydrogen-bond donors (Lipinski definition) is 0. The zero-order chi connectivity index (χ0) is 9.35. The number of hydrogen-bond acceptors (Lipinski definition) is 2. The van der Waals surface area contributed by atoms with E-state index in [0.29, 0.717) is 0 Å². The first-order chi connectivity index (χ1) is 5.45. The van der Waals surface area contributed by atoms with Crippen LogP contribution in [0.25, 0.3) is 0 Å². The van der Waals surface area contributed by atoms with Crippen molar-refractivity contribution in [1.82, 2.24) is 0 Å². The SMILES string of the molecule is CC[C@@H]1C[C@H]([S](=P)(P)=[Tl])C(=O)O1. The predicted octanol–water partition coefficient (Wildman–Crippen LogP) is 1.17. The molecular weight excluding hydrogens is 402 g/mol. The number of esters is 1. The molecule has 0 aromatic carbocycles. The summed E-state index contributed by atoms with van der Waals surface area (Å²) in [5.74, 6) is 0.00403. The fourth-order valence-corrected chi connectivity index (χ4v) is 5.93. The Morgan fingerprint density at radius 3 is 2.75 bits per heavy atom. The first-order valence-electron chi connectivity index (χ1n) is 3.78. The van der Waals surface area contributed by atoms with Gasteiger partial charge in [-0.25, -0.2) is 0 Å². The van der Waals surface area contributed by atoms with Gasteiger partial charge in [0, 0.05) is 0 Å². The summed E-state index contributed by atoms with van der Waals surface area (Å²) in [5, 5.41) is 0.133. The molecule has 0 spiro atoms. The van der Waals surface area contributed by atoms with Crippen molar-refractivity contribution in [2.75, 3.05) is 0 Å². The molecule has 0 saturated carbocycles. The molecule has 0 radical (unpaired) electrons. The van der Waals surface area contributed by atoms with E-state index in [-0.39, 0.29) is 17.3 Å². The molecule has 4 atom stereocenters. The molecule has 1 fully saturated rings. The minimum absolute atomic E-state index is 0.00403. The summed E-state index contributed by atoms with van der Waals surface area (Å²) >= 11 is 0.803. The van der Waals surface area contributed by atoms with Crippen molar-refractivity contribution in [2.45, 2.75) is 31.1 Å². The van der Waals surface area contributed by atoms with Crippen molar-refractivity contribution < 1.29 is 9.53 Å². The standard InChI is InChI=1S/C6H12O2P2S.Tl/c1-2-4-3-5(11(9)10)6(7)8-4;/h4-5,9H,2-3,10H2,1H3;/t4-,5+,11?;/m1./s1. The molecule has 0 aromatic rings. The van der Waals surface area contributed by atoms with Crippen molar-refractivity contribution in [2.24, 2.45) is 0 Å². The van der Waals surface area contributed by atoms with Crippen molar-refractivity contribution in [3.63, 3.8) is 0 Å².